The molecule has 4 aliphatic rings. The van der Waals surface area contributed by atoms with Crippen LogP contribution in [0.15, 0.2) is 76.8 Å². The lowest BCUT2D eigenvalue weighted by Crippen LogP contribution is -2.68. The van der Waals surface area contributed by atoms with E-state index in [-0.39, 0.29) is 71.9 Å². The molecule has 2 saturated carbocycles. The van der Waals surface area contributed by atoms with Gasteiger partial charge in [0.1, 0.15) is 36.1 Å². The number of ether oxygens (including phenoxy) is 2. The van der Waals surface area contributed by atoms with Crippen LogP contribution in [0.2, 0.25) is 18.1 Å². The Labute approximate surface area is 328 Å². The highest BCUT2D eigenvalue weighted by Gasteiger charge is 2.68. The Hall–Kier alpha value is -4.58. The van der Waals surface area contributed by atoms with Crippen molar-refractivity contribution in [2.45, 2.75) is 108 Å². The van der Waals surface area contributed by atoms with Crippen LogP contribution in [0.4, 0.5) is 4.39 Å². The van der Waals surface area contributed by atoms with E-state index in [1.807, 2.05) is 73.8 Å². The van der Waals surface area contributed by atoms with Crippen LogP contribution in [-0.4, -0.2) is 42.8 Å². The fourth-order valence-corrected chi connectivity index (χ4v) is 10.6. The molecule has 0 unspecified atom stereocenters. The maximum Gasteiger partial charge on any atom is 0.265 e. The Balaban J connectivity index is 1.29. The Morgan fingerprint density at radius 1 is 0.929 bits per heavy atom. The number of rotatable bonds is 10. The number of aliphatic hydroxyl groups excluding tert-OH is 1. The fourth-order valence-electron chi connectivity index (χ4n) is 9.16. The van der Waals surface area contributed by atoms with Crippen LogP contribution >= 0.6 is 0 Å². The van der Waals surface area contributed by atoms with Gasteiger partial charge in [-0.15, -0.1) is 0 Å². The fraction of sp³-hybridized carbons (Fsp3) is 0.444. The van der Waals surface area contributed by atoms with Gasteiger partial charge in [-0.1, -0.05) is 94.3 Å². The lowest BCUT2D eigenvalue weighted by Gasteiger charge is -2.54. The van der Waals surface area contributed by atoms with E-state index in [9.17, 15) is 5.11 Å². The van der Waals surface area contributed by atoms with Crippen molar-refractivity contribution in [2.75, 3.05) is 7.05 Å². The molecule has 0 spiro atoms. The number of fused-ring (bicyclic) bond motifs is 4. The van der Waals surface area contributed by atoms with E-state index in [0.29, 0.717) is 16.9 Å². The zero-order chi connectivity index (χ0) is 39.6. The summed E-state index contributed by atoms with van der Waals surface area (Å²) in [6.07, 6.45) is 4.19. The molecule has 11 heteroatoms. The first-order valence-corrected chi connectivity index (χ1v) is 22.8. The number of Topliss-reactive ketones (excluding diaryl/α,β-unsaturated/α-hetero) is 2. The maximum absolute atomic E-state index is 16.9. The average molecular weight is 779 g/mol. The molecule has 8 rings (SSSR count). The summed E-state index contributed by atoms with van der Waals surface area (Å²) >= 11 is 0. The van der Waals surface area contributed by atoms with E-state index < -0.39 is 48.4 Å². The molecule has 0 aliphatic heterocycles. The van der Waals surface area contributed by atoms with Crippen molar-refractivity contribution in [3.8, 4) is 11.6 Å². The van der Waals surface area contributed by atoms with Crippen LogP contribution in [0.5, 0.6) is 11.6 Å². The zero-order valence-corrected chi connectivity index (χ0v) is 34.0. The number of aliphatic hydroxyl groups is 1. The molecule has 4 aromatic rings. The summed E-state index contributed by atoms with van der Waals surface area (Å²) in [5, 5.41) is 19.6. The molecule has 2 fully saturated rings. The number of carbonyl (C=O) groups excluding carboxylic acids is 2. The molecule has 1 heterocycles. The van der Waals surface area contributed by atoms with E-state index in [0.717, 1.165) is 36.8 Å². The van der Waals surface area contributed by atoms with Crippen LogP contribution in [0.3, 0.4) is 0 Å². The summed E-state index contributed by atoms with van der Waals surface area (Å²) in [4.78, 5) is 31.1. The molecule has 0 amide bonds. The van der Waals surface area contributed by atoms with Crippen molar-refractivity contribution >= 4 is 25.6 Å². The van der Waals surface area contributed by atoms with Crippen molar-refractivity contribution in [3.05, 3.63) is 117 Å². The van der Waals surface area contributed by atoms with Gasteiger partial charge in [0.05, 0.1) is 11.6 Å². The number of hydrogen-bond donors (Lipinski definition) is 2. The Morgan fingerprint density at radius 3 is 2.16 bits per heavy atom. The van der Waals surface area contributed by atoms with Crippen molar-refractivity contribution in [1.29, 1.82) is 0 Å². The third-order valence-electron chi connectivity index (χ3n) is 13.1. The van der Waals surface area contributed by atoms with E-state index in [2.05, 4.69) is 31.2 Å². The summed E-state index contributed by atoms with van der Waals surface area (Å²) in [6.45, 7) is 10.5. The summed E-state index contributed by atoms with van der Waals surface area (Å²) in [5.41, 5.74) is 0.953. The van der Waals surface area contributed by atoms with Gasteiger partial charge in [0.15, 0.2) is 19.7 Å². The van der Waals surface area contributed by atoms with Crippen molar-refractivity contribution in [1.82, 2.24) is 10.5 Å². The van der Waals surface area contributed by atoms with E-state index in [1.165, 1.54) is 0 Å². The van der Waals surface area contributed by atoms with Gasteiger partial charge in [0, 0.05) is 17.1 Å². The molecule has 1 aromatic heterocycles. The Morgan fingerprint density at radius 2 is 1.55 bits per heavy atom. The molecule has 0 saturated heterocycles. The number of halogens is 1. The van der Waals surface area contributed by atoms with Gasteiger partial charge in [-0.25, -0.2) is 4.39 Å². The second kappa shape index (κ2) is 14.4. The predicted molar refractivity (Wildman–Crippen MR) is 213 cm³/mol. The van der Waals surface area contributed by atoms with Crippen LogP contribution in [0.25, 0.3) is 5.76 Å². The van der Waals surface area contributed by atoms with E-state index in [1.54, 1.807) is 13.1 Å². The first-order chi connectivity index (χ1) is 26.8. The molecule has 4 atom stereocenters. The normalized spacial score (nSPS) is 23.7. The number of ketones is 2. The quantitative estimate of drug-likeness (QED) is 0.120. The highest BCUT2D eigenvalue weighted by Crippen LogP contribution is 2.58. The highest BCUT2D eigenvalue weighted by molar-refractivity contribution is 6.74. The first-order valence-electron chi connectivity index (χ1n) is 19.9. The summed E-state index contributed by atoms with van der Waals surface area (Å²) < 4.78 is 42.6. The third-order valence-corrected chi connectivity index (χ3v) is 17.5. The van der Waals surface area contributed by atoms with Crippen molar-refractivity contribution in [3.63, 3.8) is 0 Å². The summed E-state index contributed by atoms with van der Waals surface area (Å²) in [6, 6.07) is 20.2. The number of aromatic nitrogens is 1. The van der Waals surface area contributed by atoms with Gasteiger partial charge in [0.2, 0.25) is 11.6 Å². The third kappa shape index (κ3) is 6.22. The van der Waals surface area contributed by atoms with E-state index in [4.69, 9.17) is 18.4 Å². The molecule has 0 radical (unpaired) electrons. The number of carbonyl (C=O) groups is 2. The minimum Gasteiger partial charge on any atom is -0.507 e. The second-order valence-electron chi connectivity index (χ2n) is 17.4. The molecule has 2 N–H and O–H groups in total. The van der Waals surface area contributed by atoms with Gasteiger partial charge in [0.25, 0.3) is 5.88 Å². The lowest BCUT2D eigenvalue weighted by molar-refractivity contribution is -0.138. The first kappa shape index (κ1) is 38.3. The molecule has 3 aromatic carbocycles. The average Bonchev–Trinajstić information content (AvgIpc) is 3.87. The lowest BCUT2D eigenvalue weighted by atomic mass is 9.57. The highest BCUT2D eigenvalue weighted by atomic mass is 28.4. The Bertz CT molecular complexity index is 2190. The zero-order valence-electron chi connectivity index (χ0n) is 33.0. The van der Waals surface area contributed by atoms with E-state index >= 15 is 14.0 Å². The smallest absolute Gasteiger partial charge is 0.265 e. The van der Waals surface area contributed by atoms with Gasteiger partial charge in [-0.3, -0.25) is 9.59 Å². The molecule has 56 heavy (non-hydrogen) atoms. The number of benzene rings is 3. The monoisotopic (exact) mass is 778 g/mol. The molecule has 9 nitrogen and oxygen atoms in total. The van der Waals surface area contributed by atoms with Gasteiger partial charge >= 0.3 is 0 Å². The minimum absolute atomic E-state index is 0.0222. The van der Waals surface area contributed by atoms with Crippen LogP contribution in [0.1, 0.15) is 109 Å². The topological polar surface area (TPSA) is 120 Å². The van der Waals surface area contributed by atoms with Gasteiger partial charge in [-0.05, 0) is 90.6 Å². The van der Waals surface area contributed by atoms with Crippen molar-refractivity contribution < 1.29 is 37.5 Å². The SMILES string of the molecule is CN[C@@H]1c2onc(OCc3ccccc3)c2C(=O)[C@@]2(O[Si](C)(C)C(C)(C)C)C(=O)C3=C(O)c4c(OCc5ccccc5)cc(C5CCCC5)c(F)c4C[C@H]3C[C@@H]12. The summed E-state index contributed by atoms with van der Waals surface area (Å²) in [7, 11) is -1.17. The number of nitrogens with zero attached hydrogens (tertiary/aromatic N) is 1. The summed E-state index contributed by atoms with van der Waals surface area (Å²) in [5.74, 6) is -2.68. The molecular weight excluding hydrogens is 728 g/mol. The van der Waals surface area contributed by atoms with Crippen LogP contribution in [0, 0.1) is 17.7 Å². The standard InChI is InChI=1S/C45H51FN2O7Si/c1-44(2,3)56(5,6)55-45-32(38(47-4)40-36(42(45)51)43(48-54-40)53-25-27-17-11-8-12-18-27)22-29-21-31-35(39(49)34(29)41(45)50)33(52-24-26-15-9-7-10-16-26)23-30(37(31)46)28-19-13-14-20-28/h7-12,15-18,23,28-29,32,38,47,49H,13-14,19-22,24-25H2,1-6H3/t29-,32-,38-,45-/m0/s1. The molecule has 4 aliphatic carbocycles. The van der Waals surface area contributed by atoms with Gasteiger partial charge in [-0.2, -0.15) is 0 Å². The number of nitrogens with one attached hydrogen (secondary N) is 1. The van der Waals surface area contributed by atoms with Crippen LogP contribution < -0.4 is 14.8 Å². The minimum atomic E-state index is -2.92. The second-order valence-corrected chi connectivity index (χ2v) is 22.1. The largest absolute Gasteiger partial charge is 0.507 e. The number of hydrogen-bond acceptors (Lipinski definition) is 9. The maximum atomic E-state index is 16.9. The van der Waals surface area contributed by atoms with Crippen molar-refractivity contribution in [2.24, 2.45) is 11.8 Å². The van der Waals surface area contributed by atoms with Crippen LogP contribution in [-0.2, 0) is 28.9 Å². The predicted octanol–water partition coefficient (Wildman–Crippen LogP) is 9.58. The van der Waals surface area contributed by atoms with Gasteiger partial charge < -0.3 is 28.8 Å². The molecule has 294 valence electrons. The molecular formula is C45H51FN2O7Si. The molecule has 0 bridgehead atoms. The Kier molecular flexibility index (Phi) is 9.86.